The highest BCUT2D eigenvalue weighted by Gasteiger charge is 2.22. The number of aromatic amines is 1. The molecule has 39 heavy (non-hydrogen) atoms. The van der Waals surface area contributed by atoms with Gasteiger partial charge in [-0.3, -0.25) is 14.6 Å². The summed E-state index contributed by atoms with van der Waals surface area (Å²) >= 11 is 0. The van der Waals surface area contributed by atoms with Crippen LogP contribution in [0.15, 0.2) is 64.0 Å². The van der Waals surface area contributed by atoms with Crippen LogP contribution in [-0.4, -0.2) is 67.9 Å². The van der Waals surface area contributed by atoms with Crippen LogP contribution in [0.25, 0.3) is 22.5 Å². The standard InChI is InChI=1S/C26H27N9O4/c1-34-23-17(24(37)32-34)7-8-21(30-23)29-22-13-19(28-20(15-36)16-5-3-2-4-6-16)18(14-27-22)25-31-26(33-39-25)35-9-11-38-12-10-35/h2-8,13-14,20,36H,9-12,15H2,1H3,(H,32,37)(H2,27,28,29,30)/t20-/m1/s1. The Morgan fingerprint density at radius 2 is 1.92 bits per heavy atom. The molecule has 4 N–H and O–H groups in total. The van der Waals surface area contributed by atoms with Gasteiger partial charge >= 0.3 is 0 Å². The highest BCUT2D eigenvalue weighted by Crippen LogP contribution is 2.33. The Bertz CT molecular complexity index is 1640. The molecule has 13 heteroatoms. The summed E-state index contributed by atoms with van der Waals surface area (Å²) in [5.74, 6) is 1.78. The van der Waals surface area contributed by atoms with Crippen LogP contribution < -0.4 is 21.1 Å². The molecular formula is C26H27N9O4. The Hall–Kier alpha value is -4.75. The van der Waals surface area contributed by atoms with E-state index in [-0.39, 0.29) is 12.2 Å². The fourth-order valence-electron chi connectivity index (χ4n) is 4.49. The topological polar surface area (TPSA) is 159 Å². The van der Waals surface area contributed by atoms with Gasteiger partial charge in [0.2, 0.25) is 0 Å². The number of aromatic nitrogens is 6. The van der Waals surface area contributed by atoms with Crippen LogP contribution in [0.2, 0.25) is 0 Å². The van der Waals surface area contributed by atoms with Gasteiger partial charge < -0.3 is 29.9 Å². The van der Waals surface area contributed by atoms with Crippen molar-refractivity contribution < 1.29 is 14.4 Å². The maximum absolute atomic E-state index is 12.0. The average Bonchev–Trinajstić information content (AvgIpc) is 3.57. The first-order chi connectivity index (χ1) is 19.1. The maximum Gasteiger partial charge on any atom is 0.273 e. The molecule has 6 rings (SSSR count). The largest absolute Gasteiger partial charge is 0.394 e. The summed E-state index contributed by atoms with van der Waals surface area (Å²) in [4.78, 5) is 27.7. The number of hydrogen-bond acceptors (Lipinski definition) is 11. The minimum absolute atomic E-state index is 0.142. The van der Waals surface area contributed by atoms with E-state index in [1.165, 1.54) is 0 Å². The van der Waals surface area contributed by atoms with Crippen molar-refractivity contribution in [2.45, 2.75) is 6.04 Å². The molecule has 0 radical (unpaired) electrons. The van der Waals surface area contributed by atoms with E-state index in [2.05, 4.69) is 35.8 Å². The van der Waals surface area contributed by atoms with Crippen molar-refractivity contribution in [3.05, 3.63) is 70.6 Å². The third kappa shape index (κ3) is 5.04. The SMILES string of the molecule is Cn1[nH]c(=O)c2ccc(Nc3cc(N[C@H](CO)c4ccccc4)c(-c4nc(N5CCOCC5)no4)cn3)nc21. The molecule has 0 saturated carbocycles. The van der Waals surface area contributed by atoms with Crippen molar-refractivity contribution in [1.82, 2.24) is 29.9 Å². The lowest BCUT2D eigenvalue weighted by atomic mass is 10.1. The lowest BCUT2D eigenvalue weighted by molar-refractivity contribution is 0.121. The number of nitrogens with one attached hydrogen (secondary N) is 3. The number of aliphatic hydroxyl groups excluding tert-OH is 1. The molecule has 1 aromatic carbocycles. The highest BCUT2D eigenvalue weighted by atomic mass is 16.5. The van der Waals surface area contributed by atoms with Gasteiger partial charge in [-0.1, -0.05) is 30.3 Å². The van der Waals surface area contributed by atoms with Crippen molar-refractivity contribution in [2.75, 3.05) is 48.4 Å². The molecule has 1 atom stereocenters. The molecular weight excluding hydrogens is 502 g/mol. The molecule has 4 aromatic heterocycles. The van der Waals surface area contributed by atoms with E-state index in [0.29, 0.717) is 72.1 Å². The molecule has 13 nitrogen and oxygen atoms in total. The summed E-state index contributed by atoms with van der Waals surface area (Å²) in [6.45, 7) is 2.41. The molecule has 1 aliphatic rings. The van der Waals surface area contributed by atoms with Gasteiger partial charge in [0.25, 0.3) is 17.4 Å². The average molecular weight is 530 g/mol. The lowest BCUT2D eigenvalue weighted by Gasteiger charge is -2.24. The van der Waals surface area contributed by atoms with Crippen LogP contribution in [0.4, 0.5) is 23.3 Å². The summed E-state index contributed by atoms with van der Waals surface area (Å²) < 4.78 is 12.6. The third-order valence-electron chi connectivity index (χ3n) is 6.52. The number of anilines is 4. The van der Waals surface area contributed by atoms with Crippen molar-refractivity contribution in [3.8, 4) is 11.5 Å². The Kier molecular flexibility index (Phi) is 6.65. The van der Waals surface area contributed by atoms with Crippen LogP contribution in [0.1, 0.15) is 11.6 Å². The number of nitrogens with zero attached hydrogens (tertiary/aromatic N) is 6. The second-order valence-corrected chi connectivity index (χ2v) is 9.10. The number of fused-ring (bicyclic) bond motifs is 1. The number of benzene rings is 1. The zero-order valence-corrected chi connectivity index (χ0v) is 21.2. The van der Waals surface area contributed by atoms with Crippen molar-refractivity contribution in [1.29, 1.82) is 0 Å². The first-order valence-corrected chi connectivity index (χ1v) is 12.5. The van der Waals surface area contributed by atoms with Gasteiger partial charge in [0.15, 0.2) is 5.65 Å². The van der Waals surface area contributed by atoms with Crippen LogP contribution >= 0.6 is 0 Å². The molecule has 5 heterocycles. The number of morpholine rings is 1. The summed E-state index contributed by atoms with van der Waals surface area (Å²) in [6, 6.07) is 14.5. The molecule has 5 aromatic rings. The van der Waals surface area contributed by atoms with Crippen molar-refractivity contribution in [3.63, 3.8) is 0 Å². The van der Waals surface area contributed by atoms with Gasteiger partial charge in [0, 0.05) is 32.4 Å². The zero-order valence-electron chi connectivity index (χ0n) is 21.2. The second-order valence-electron chi connectivity index (χ2n) is 9.10. The molecule has 0 aliphatic carbocycles. The van der Waals surface area contributed by atoms with Gasteiger partial charge in [-0.25, -0.2) is 9.97 Å². The molecule has 0 amide bonds. The molecule has 0 unspecified atom stereocenters. The smallest absolute Gasteiger partial charge is 0.273 e. The van der Waals surface area contributed by atoms with Crippen molar-refractivity contribution >= 4 is 34.3 Å². The molecule has 1 aliphatic heterocycles. The third-order valence-corrected chi connectivity index (χ3v) is 6.52. The number of H-pyrrole nitrogens is 1. The summed E-state index contributed by atoms with van der Waals surface area (Å²) in [5, 5.41) is 24.2. The Morgan fingerprint density at radius 1 is 1.10 bits per heavy atom. The van der Waals surface area contributed by atoms with Crippen LogP contribution in [-0.2, 0) is 11.8 Å². The van der Waals surface area contributed by atoms with E-state index in [1.807, 2.05) is 35.2 Å². The molecule has 1 fully saturated rings. The van der Waals surface area contributed by atoms with Crippen molar-refractivity contribution in [2.24, 2.45) is 7.05 Å². The Morgan fingerprint density at radius 3 is 2.72 bits per heavy atom. The minimum Gasteiger partial charge on any atom is -0.394 e. The van der Waals surface area contributed by atoms with E-state index in [9.17, 15) is 9.90 Å². The number of ether oxygens (including phenoxy) is 1. The van der Waals surface area contributed by atoms with Gasteiger partial charge in [-0.2, -0.15) is 4.98 Å². The van der Waals surface area contributed by atoms with Crippen LogP contribution in [0.5, 0.6) is 0 Å². The van der Waals surface area contributed by atoms with E-state index in [4.69, 9.17) is 9.26 Å². The number of aryl methyl sites for hydroxylation is 1. The Labute approximate surface area is 222 Å². The predicted molar refractivity (Wildman–Crippen MR) is 145 cm³/mol. The number of hydrogen-bond donors (Lipinski definition) is 4. The van der Waals surface area contributed by atoms with E-state index < -0.39 is 6.04 Å². The Balaban J connectivity index is 1.35. The summed E-state index contributed by atoms with van der Waals surface area (Å²) in [5.41, 5.74) is 2.44. The van der Waals surface area contributed by atoms with Gasteiger partial charge in [0.05, 0.1) is 42.5 Å². The van der Waals surface area contributed by atoms with Crippen LogP contribution in [0.3, 0.4) is 0 Å². The summed E-state index contributed by atoms with van der Waals surface area (Å²) in [7, 11) is 1.73. The highest BCUT2D eigenvalue weighted by molar-refractivity contribution is 5.79. The fraction of sp³-hybridized carbons (Fsp3) is 0.269. The number of aliphatic hydroxyl groups is 1. The normalized spacial score (nSPS) is 14.5. The zero-order chi connectivity index (χ0) is 26.8. The minimum atomic E-state index is -0.398. The van der Waals surface area contributed by atoms with Crippen LogP contribution in [0, 0.1) is 0 Å². The monoisotopic (exact) mass is 529 g/mol. The van der Waals surface area contributed by atoms with E-state index in [1.54, 1.807) is 36.1 Å². The first kappa shape index (κ1) is 24.6. The quantitative estimate of drug-likeness (QED) is 0.234. The fourth-order valence-corrected chi connectivity index (χ4v) is 4.49. The maximum atomic E-state index is 12.0. The van der Waals surface area contributed by atoms with Gasteiger partial charge in [-0.15, -0.1) is 0 Å². The lowest BCUT2D eigenvalue weighted by Crippen LogP contribution is -2.36. The molecule has 0 spiro atoms. The second kappa shape index (κ2) is 10.6. The van der Waals surface area contributed by atoms with Gasteiger partial charge in [0.1, 0.15) is 11.6 Å². The number of rotatable bonds is 8. The van der Waals surface area contributed by atoms with E-state index in [0.717, 1.165) is 5.56 Å². The molecule has 200 valence electrons. The van der Waals surface area contributed by atoms with E-state index >= 15 is 0 Å². The molecule has 0 bridgehead atoms. The molecule has 1 saturated heterocycles. The predicted octanol–water partition coefficient (Wildman–Crippen LogP) is 2.43. The summed E-state index contributed by atoms with van der Waals surface area (Å²) in [6.07, 6.45) is 1.63. The number of pyridine rings is 2. The van der Waals surface area contributed by atoms with Gasteiger partial charge in [-0.05, 0) is 22.9 Å². The first-order valence-electron chi connectivity index (χ1n) is 12.5.